The number of esters is 5. The van der Waals surface area contributed by atoms with Crippen molar-refractivity contribution in [1.82, 2.24) is 5.32 Å². The van der Waals surface area contributed by atoms with Crippen LogP contribution in [0.5, 0.6) is 0 Å². The van der Waals surface area contributed by atoms with Crippen LogP contribution in [-0.2, 0) is 57.2 Å². The van der Waals surface area contributed by atoms with Crippen LogP contribution in [0.1, 0.15) is 60.8 Å². The molecular weight excluding hydrogens is 510 g/mol. The van der Waals surface area contributed by atoms with Crippen molar-refractivity contribution in [2.24, 2.45) is 0 Å². The Morgan fingerprint density at radius 3 is 2.16 bits per heavy atom. The van der Waals surface area contributed by atoms with Gasteiger partial charge in [-0.05, 0) is 6.42 Å². The maximum absolute atomic E-state index is 13.3. The number of amides is 1. The summed E-state index contributed by atoms with van der Waals surface area (Å²) in [5, 5.41) is 14.2. The van der Waals surface area contributed by atoms with Crippen molar-refractivity contribution >= 4 is 35.8 Å². The number of aliphatic hydroxyl groups is 1. The van der Waals surface area contributed by atoms with E-state index in [1.165, 1.54) is 6.92 Å². The van der Waals surface area contributed by atoms with Gasteiger partial charge in [0.25, 0.3) is 0 Å². The number of rotatable bonds is 9. The summed E-state index contributed by atoms with van der Waals surface area (Å²) in [6.07, 6.45) is -6.37. The first-order valence-electron chi connectivity index (χ1n) is 12.1. The second-order valence-electron chi connectivity index (χ2n) is 9.28. The first-order chi connectivity index (χ1) is 17.7. The van der Waals surface area contributed by atoms with Crippen molar-refractivity contribution in [2.75, 3.05) is 13.2 Å². The predicted octanol–water partition coefficient (Wildman–Crippen LogP) is -0.535. The average Bonchev–Trinajstić information content (AvgIpc) is 2.79. The zero-order valence-corrected chi connectivity index (χ0v) is 22.3. The molecule has 2 aliphatic rings. The number of nitrogens with one attached hydrogen (secondary N) is 1. The minimum Gasteiger partial charge on any atom is -0.463 e. The Bertz CT molecular complexity index is 952. The molecule has 2 rings (SSSR count). The summed E-state index contributed by atoms with van der Waals surface area (Å²) in [4.78, 5) is 73.2. The van der Waals surface area contributed by atoms with E-state index >= 15 is 0 Å². The quantitative estimate of drug-likeness (QED) is 0.278. The number of hydrogen-bond acceptors (Lipinski definition) is 13. The zero-order valence-electron chi connectivity index (χ0n) is 22.3. The van der Waals surface area contributed by atoms with Crippen molar-refractivity contribution in [3.05, 3.63) is 0 Å². The molecule has 2 N–H and O–H groups in total. The Morgan fingerprint density at radius 1 is 1.03 bits per heavy atom. The third-order valence-electron chi connectivity index (χ3n) is 6.44. The summed E-state index contributed by atoms with van der Waals surface area (Å²) in [6, 6.07) is -1.27. The molecule has 14 heteroatoms. The van der Waals surface area contributed by atoms with Gasteiger partial charge in [-0.3, -0.25) is 24.0 Å². The lowest BCUT2D eigenvalue weighted by atomic mass is 9.70. The van der Waals surface area contributed by atoms with Gasteiger partial charge in [0, 0.05) is 47.5 Å². The highest BCUT2D eigenvalue weighted by molar-refractivity contribution is 5.83. The molecule has 0 aromatic carbocycles. The Kier molecular flexibility index (Phi) is 10.2. The topological polar surface area (TPSA) is 190 Å². The van der Waals surface area contributed by atoms with E-state index in [0.717, 1.165) is 27.7 Å². The summed E-state index contributed by atoms with van der Waals surface area (Å²) in [5.41, 5.74) is -3.94. The highest BCUT2D eigenvalue weighted by Crippen LogP contribution is 2.46. The van der Waals surface area contributed by atoms with Gasteiger partial charge in [0.05, 0.1) is 12.6 Å². The van der Waals surface area contributed by atoms with Crippen molar-refractivity contribution in [2.45, 2.75) is 102 Å². The summed E-state index contributed by atoms with van der Waals surface area (Å²) in [7, 11) is 0. The van der Waals surface area contributed by atoms with E-state index in [9.17, 15) is 33.9 Å². The van der Waals surface area contributed by atoms with Gasteiger partial charge in [-0.1, -0.05) is 6.92 Å². The van der Waals surface area contributed by atoms with Crippen molar-refractivity contribution in [3.63, 3.8) is 0 Å². The Morgan fingerprint density at radius 2 is 1.66 bits per heavy atom. The van der Waals surface area contributed by atoms with Gasteiger partial charge in [0.15, 0.2) is 17.8 Å². The molecule has 2 heterocycles. The summed E-state index contributed by atoms with van der Waals surface area (Å²) in [5.74, 6) is -4.77. The highest BCUT2D eigenvalue weighted by atomic mass is 16.6. The highest BCUT2D eigenvalue weighted by Gasteiger charge is 2.67. The molecule has 2 fully saturated rings. The van der Waals surface area contributed by atoms with E-state index in [-0.39, 0.29) is 19.4 Å². The second-order valence-corrected chi connectivity index (χ2v) is 9.28. The van der Waals surface area contributed by atoms with E-state index in [1.54, 1.807) is 6.92 Å². The van der Waals surface area contributed by atoms with Crippen molar-refractivity contribution in [1.29, 1.82) is 0 Å². The maximum atomic E-state index is 13.3. The third-order valence-corrected chi connectivity index (χ3v) is 6.44. The fourth-order valence-electron chi connectivity index (χ4n) is 4.85. The lowest BCUT2D eigenvalue weighted by molar-refractivity contribution is -0.294. The molecule has 38 heavy (non-hydrogen) atoms. The molecule has 2 saturated heterocycles. The SMILES string of the molecule is CCC1(O)CCOC(=O)[C@]12C[C@H](OC(C)=O)[C@@H](NC(C)=O)[C@H]([C@H](OC(C)=O)[C@@H](COC(C)=O)OC(C)=O)O2. The molecule has 0 saturated carbocycles. The molecular formula is C24H35NO13. The van der Waals surface area contributed by atoms with Gasteiger partial charge in [0.1, 0.15) is 24.4 Å². The van der Waals surface area contributed by atoms with Gasteiger partial charge in [-0.15, -0.1) is 0 Å². The Hall–Kier alpha value is -3.26. The van der Waals surface area contributed by atoms with E-state index < -0.39 is 90.4 Å². The van der Waals surface area contributed by atoms with Crippen molar-refractivity contribution < 1.29 is 62.3 Å². The number of carbonyl (C=O) groups excluding carboxylic acids is 6. The van der Waals surface area contributed by atoms with Gasteiger partial charge >= 0.3 is 29.8 Å². The fraction of sp³-hybridized carbons (Fsp3) is 0.750. The fourth-order valence-corrected chi connectivity index (χ4v) is 4.85. The predicted molar refractivity (Wildman–Crippen MR) is 124 cm³/mol. The molecule has 1 unspecified atom stereocenters. The number of carbonyl (C=O) groups is 6. The van der Waals surface area contributed by atoms with Gasteiger partial charge in [-0.2, -0.15) is 0 Å². The van der Waals surface area contributed by atoms with Gasteiger partial charge in [0.2, 0.25) is 5.91 Å². The van der Waals surface area contributed by atoms with Crippen LogP contribution in [0.15, 0.2) is 0 Å². The number of ether oxygens (including phenoxy) is 6. The van der Waals surface area contributed by atoms with Crippen molar-refractivity contribution in [3.8, 4) is 0 Å². The minimum absolute atomic E-state index is 0.0193. The van der Waals surface area contributed by atoms with Crippen LogP contribution in [-0.4, -0.2) is 95.7 Å². The standard InChI is InChI=1S/C24H35NO13/c1-7-23(32)8-9-33-22(31)24(23)10-17(35-14(4)28)19(25-12(2)26)21(38-24)20(37-16(6)30)18(36-15(5)29)11-34-13(3)27/h17-21,32H,7-11H2,1-6H3,(H,25,26)/t17-,18+,19+,20+,21+,23?,24+/m0/s1. The molecule has 1 amide bonds. The first-order valence-corrected chi connectivity index (χ1v) is 12.1. The molecule has 0 aliphatic carbocycles. The normalized spacial score (nSPS) is 30.3. The van der Waals surface area contributed by atoms with Crippen LogP contribution < -0.4 is 5.32 Å². The summed E-state index contributed by atoms with van der Waals surface area (Å²) in [6.45, 7) is 6.42. The monoisotopic (exact) mass is 545 g/mol. The molecule has 7 atom stereocenters. The van der Waals surface area contributed by atoms with Crippen LogP contribution >= 0.6 is 0 Å². The third kappa shape index (κ3) is 6.98. The average molecular weight is 546 g/mol. The maximum Gasteiger partial charge on any atom is 0.341 e. The first kappa shape index (κ1) is 31.0. The van der Waals surface area contributed by atoms with E-state index in [1.807, 2.05) is 0 Å². The van der Waals surface area contributed by atoms with Gasteiger partial charge < -0.3 is 38.8 Å². The van der Waals surface area contributed by atoms with Crippen LogP contribution in [0.3, 0.4) is 0 Å². The zero-order chi connectivity index (χ0) is 28.8. The van der Waals surface area contributed by atoms with E-state index in [2.05, 4.69) is 5.32 Å². The molecule has 0 aromatic heterocycles. The molecule has 1 spiro atoms. The number of cyclic esters (lactones) is 1. The molecule has 14 nitrogen and oxygen atoms in total. The minimum atomic E-state index is -2.12. The van der Waals surface area contributed by atoms with E-state index in [4.69, 9.17) is 28.4 Å². The van der Waals surface area contributed by atoms with Crippen LogP contribution in [0.4, 0.5) is 0 Å². The molecule has 0 aromatic rings. The largest absolute Gasteiger partial charge is 0.463 e. The van der Waals surface area contributed by atoms with E-state index in [0.29, 0.717) is 0 Å². The number of hydrogen-bond donors (Lipinski definition) is 2. The van der Waals surface area contributed by atoms with Gasteiger partial charge in [-0.25, -0.2) is 4.79 Å². The lowest BCUT2D eigenvalue weighted by Gasteiger charge is -2.55. The van der Waals surface area contributed by atoms with Crippen LogP contribution in [0.2, 0.25) is 0 Å². The molecule has 0 radical (unpaired) electrons. The Labute approximate surface area is 219 Å². The van der Waals surface area contributed by atoms with Crippen LogP contribution in [0, 0.1) is 0 Å². The smallest absolute Gasteiger partial charge is 0.341 e. The molecule has 0 bridgehead atoms. The van der Waals surface area contributed by atoms with Crippen LogP contribution in [0.25, 0.3) is 0 Å². The molecule has 214 valence electrons. The summed E-state index contributed by atoms with van der Waals surface area (Å²) < 4.78 is 32.7. The molecule has 2 aliphatic heterocycles. The lowest BCUT2D eigenvalue weighted by Crippen LogP contribution is -2.75. The second kappa shape index (κ2) is 12.5. The Balaban J connectivity index is 2.76. The summed E-state index contributed by atoms with van der Waals surface area (Å²) >= 11 is 0.